The van der Waals surface area contributed by atoms with Crippen LogP contribution in [-0.2, 0) is 0 Å². The monoisotopic (exact) mass is 419 g/mol. The van der Waals surface area contributed by atoms with Gasteiger partial charge in [-0.2, -0.15) is 5.10 Å². The van der Waals surface area contributed by atoms with Crippen LogP contribution in [0.3, 0.4) is 0 Å². The van der Waals surface area contributed by atoms with Crippen LogP contribution in [0.4, 0.5) is 5.82 Å². The Hall–Kier alpha value is -3.62. The molecule has 1 aliphatic rings. The second-order valence-corrected chi connectivity index (χ2v) is 7.89. The fourth-order valence-corrected chi connectivity index (χ4v) is 3.77. The van der Waals surface area contributed by atoms with Crippen LogP contribution in [0.2, 0.25) is 0 Å². The minimum atomic E-state index is -0.226. The molecule has 1 amide bonds. The predicted octanol–water partition coefficient (Wildman–Crippen LogP) is 2.07. The summed E-state index contributed by atoms with van der Waals surface area (Å²) in [6.45, 7) is 0. The van der Waals surface area contributed by atoms with E-state index >= 15 is 0 Å². The molecule has 1 fully saturated rings. The largest absolute Gasteiger partial charge is 0.361 e. The Labute approximate surface area is 180 Å². The standard InChI is InChI=1S/C22H25N7O2/c1-28(2)20-9-7-19(25-26-20)22(31)24-16-3-5-17(6-4-16)29-21(30)10-8-18(27-29)15-11-13-23-14-12-15/h7-14,16-17H,3-6H2,1-2H3,(H,24,31). The average Bonchev–Trinajstić information content (AvgIpc) is 2.80. The Morgan fingerprint density at radius 3 is 2.39 bits per heavy atom. The van der Waals surface area contributed by atoms with E-state index in [-0.39, 0.29) is 23.6 Å². The lowest BCUT2D eigenvalue weighted by molar-refractivity contribution is 0.0915. The van der Waals surface area contributed by atoms with Crippen LogP contribution in [0.1, 0.15) is 42.2 Å². The number of nitrogens with zero attached hydrogens (tertiary/aromatic N) is 6. The van der Waals surface area contributed by atoms with Gasteiger partial charge in [0.05, 0.1) is 11.7 Å². The predicted molar refractivity (Wildman–Crippen MR) is 117 cm³/mol. The number of hydrogen-bond acceptors (Lipinski definition) is 7. The van der Waals surface area contributed by atoms with Crippen molar-refractivity contribution in [3.63, 3.8) is 0 Å². The van der Waals surface area contributed by atoms with Crippen molar-refractivity contribution in [2.24, 2.45) is 0 Å². The van der Waals surface area contributed by atoms with Crippen molar-refractivity contribution in [3.05, 3.63) is 64.8 Å². The molecule has 0 aromatic carbocycles. The lowest BCUT2D eigenvalue weighted by Gasteiger charge is -2.29. The third-order valence-corrected chi connectivity index (χ3v) is 5.52. The van der Waals surface area contributed by atoms with E-state index in [4.69, 9.17) is 0 Å². The molecule has 0 bridgehead atoms. The minimum Gasteiger partial charge on any atom is -0.361 e. The molecule has 1 aliphatic carbocycles. The Morgan fingerprint density at radius 1 is 1.00 bits per heavy atom. The summed E-state index contributed by atoms with van der Waals surface area (Å²) in [5, 5.41) is 15.7. The van der Waals surface area contributed by atoms with Crippen molar-refractivity contribution in [2.75, 3.05) is 19.0 Å². The molecule has 3 aromatic heterocycles. The molecule has 31 heavy (non-hydrogen) atoms. The van der Waals surface area contributed by atoms with Gasteiger partial charge in [0, 0.05) is 44.2 Å². The summed E-state index contributed by atoms with van der Waals surface area (Å²) in [6, 6.07) is 10.5. The summed E-state index contributed by atoms with van der Waals surface area (Å²) in [5.41, 5.74) is 1.86. The number of rotatable bonds is 5. The summed E-state index contributed by atoms with van der Waals surface area (Å²) in [7, 11) is 3.74. The van der Waals surface area contributed by atoms with Crippen molar-refractivity contribution < 1.29 is 4.79 Å². The quantitative estimate of drug-likeness (QED) is 0.675. The van der Waals surface area contributed by atoms with E-state index in [1.165, 1.54) is 0 Å². The molecule has 9 nitrogen and oxygen atoms in total. The number of nitrogens with one attached hydrogen (secondary N) is 1. The van der Waals surface area contributed by atoms with Crippen molar-refractivity contribution >= 4 is 11.7 Å². The van der Waals surface area contributed by atoms with Gasteiger partial charge in [-0.1, -0.05) is 0 Å². The number of amides is 1. The van der Waals surface area contributed by atoms with Gasteiger partial charge in [0.15, 0.2) is 11.5 Å². The smallest absolute Gasteiger partial charge is 0.272 e. The van der Waals surface area contributed by atoms with Crippen molar-refractivity contribution in [1.82, 2.24) is 30.3 Å². The number of aromatic nitrogens is 5. The fourth-order valence-electron chi connectivity index (χ4n) is 3.77. The first-order valence-corrected chi connectivity index (χ1v) is 10.3. The van der Waals surface area contributed by atoms with Gasteiger partial charge in [-0.15, -0.1) is 10.2 Å². The maximum atomic E-state index is 12.5. The molecular formula is C22H25N7O2. The van der Waals surface area contributed by atoms with E-state index in [1.54, 1.807) is 41.3 Å². The third kappa shape index (κ3) is 4.76. The molecule has 0 aliphatic heterocycles. The van der Waals surface area contributed by atoms with Gasteiger partial charge in [0.25, 0.3) is 11.5 Å². The molecule has 9 heteroatoms. The van der Waals surface area contributed by atoms with Gasteiger partial charge >= 0.3 is 0 Å². The molecule has 0 radical (unpaired) electrons. The summed E-state index contributed by atoms with van der Waals surface area (Å²) < 4.78 is 1.58. The lowest BCUT2D eigenvalue weighted by atomic mass is 9.91. The van der Waals surface area contributed by atoms with E-state index in [0.717, 1.165) is 36.9 Å². The fraction of sp³-hybridized carbons (Fsp3) is 0.364. The zero-order valence-electron chi connectivity index (χ0n) is 17.6. The van der Waals surface area contributed by atoms with Crippen LogP contribution < -0.4 is 15.8 Å². The summed E-state index contributed by atoms with van der Waals surface area (Å²) in [4.78, 5) is 30.8. The first kappa shape index (κ1) is 20.6. The zero-order valence-corrected chi connectivity index (χ0v) is 17.6. The van der Waals surface area contributed by atoms with Gasteiger partial charge in [0.1, 0.15) is 0 Å². The van der Waals surface area contributed by atoms with E-state index in [2.05, 4.69) is 25.6 Å². The van der Waals surface area contributed by atoms with E-state index in [1.807, 2.05) is 31.1 Å². The topological polar surface area (TPSA) is 106 Å². The molecule has 0 atom stereocenters. The van der Waals surface area contributed by atoms with Crippen LogP contribution in [0.25, 0.3) is 11.3 Å². The van der Waals surface area contributed by atoms with Gasteiger partial charge in [-0.25, -0.2) is 4.68 Å². The Balaban J connectivity index is 1.39. The molecule has 3 heterocycles. The van der Waals surface area contributed by atoms with E-state index < -0.39 is 0 Å². The molecule has 3 aromatic rings. The Bertz CT molecular complexity index is 1090. The summed E-state index contributed by atoms with van der Waals surface area (Å²) in [6.07, 6.45) is 6.49. The van der Waals surface area contributed by atoms with Crippen LogP contribution >= 0.6 is 0 Å². The third-order valence-electron chi connectivity index (χ3n) is 5.52. The normalized spacial score (nSPS) is 18.4. The Kier molecular flexibility index (Phi) is 6.01. The number of carbonyl (C=O) groups is 1. The van der Waals surface area contributed by atoms with Crippen molar-refractivity contribution in [1.29, 1.82) is 0 Å². The van der Waals surface area contributed by atoms with Crippen LogP contribution in [0.15, 0.2) is 53.6 Å². The maximum Gasteiger partial charge on any atom is 0.272 e. The highest BCUT2D eigenvalue weighted by atomic mass is 16.2. The van der Waals surface area contributed by atoms with E-state index in [0.29, 0.717) is 11.5 Å². The first-order valence-electron chi connectivity index (χ1n) is 10.3. The van der Waals surface area contributed by atoms with Crippen LogP contribution in [0.5, 0.6) is 0 Å². The SMILES string of the molecule is CN(C)c1ccc(C(=O)NC2CCC(n3nc(-c4ccncc4)ccc3=O)CC2)nn1. The molecular weight excluding hydrogens is 394 g/mol. The molecule has 0 unspecified atom stereocenters. The highest BCUT2D eigenvalue weighted by Crippen LogP contribution is 2.27. The van der Waals surface area contributed by atoms with E-state index in [9.17, 15) is 9.59 Å². The van der Waals surface area contributed by atoms with Gasteiger partial charge in [0.2, 0.25) is 0 Å². The number of carbonyl (C=O) groups excluding carboxylic acids is 1. The average molecular weight is 419 g/mol. The molecule has 1 N–H and O–H groups in total. The maximum absolute atomic E-state index is 12.5. The number of hydrogen-bond donors (Lipinski definition) is 1. The van der Waals surface area contributed by atoms with Crippen molar-refractivity contribution in [3.8, 4) is 11.3 Å². The van der Waals surface area contributed by atoms with Gasteiger partial charge in [-0.05, 0) is 56.0 Å². The molecule has 0 spiro atoms. The lowest BCUT2D eigenvalue weighted by Crippen LogP contribution is -2.40. The van der Waals surface area contributed by atoms with Gasteiger partial charge < -0.3 is 10.2 Å². The molecule has 0 saturated heterocycles. The summed E-state index contributed by atoms with van der Waals surface area (Å²) in [5.74, 6) is 0.472. The Morgan fingerprint density at radius 2 is 1.74 bits per heavy atom. The highest BCUT2D eigenvalue weighted by molar-refractivity contribution is 5.92. The number of pyridine rings is 1. The number of anilines is 1. The molecule has 4 rings (SSSR count). The zero-order chi connectivity index (χ0) is 21.8. The van der Waals surface area contributed by atoms with Gasteiger partial charge in [-0.3, -0.25) is 14.6 Å². The molecule has 1 saturated carbocycles. The second kappa shape index (κ2) is 9.03. The summed E-state index contributed by atoms with van der Waals surface area (Å²) >= 11 is 0. The van der Waals surface area contributed by atoms with Crippen LogP contribution in [0, 0.1) is 0 Å². The van der Waals surface area contributed by atoms with Crippen molar-refractivity contribution in [2.45, 2.75) is 37.8 Å². The highest BCUT2D eigenvalue weighted by Gasteiger charge is 2.25. The first-order chi connectivity index (χ1) is 15.0. The minimum absolute atomic E-state index is 0.0154. The second-order valence-electron chi connectivity index (χ2n) is 7.89. The van der Waals surface area contributed by atoms with Crippen LogP contribution in [-0.4, -0.2) is 51.0 Å². The molecule has 160 valence electrons.